The molecule has 5 atom stereocenters. The first-order chi connectivity index (χ1) is 21.6. The zero-order valence-corrected chi connectivity index (χ0v) is 29.4. The van der Waals surface area contributed by atoms with Gasteiger partial charge in [0.05, 0.1) is 11.6 Å². The topological polar surface area (TPSA) is 197 Å². The van der Waals surface area contributed by atoms with Crippen molar-refractivity contribution in [2.45, 2.75) is 149 Å². The highest BCUT2D eigenvalue weighted by atomic mass is 16.6. The molecule has 6 N–H and O–H groups in total. The summed E-state index contributed by atoms with van der Waals surface area (Å²) in [6.07, 6.45) is 6.42. The van der Waals surface area contributed by atoms with Gasteiger partial charge in [-0.1, -0.05) is 52.9 Å². The molecule has 1 unspecified atom stereocenters. The van der Waals surface area contributed by atoms with Gasteiger partial charge in [-0.25, -0.2) is 9.59 Å². The standard InChI is InChI=1S/C34H57N5O8/c1-32(2,3)26(30(44)47-33(4,5)6)38-31(45)37-23(20-14-9-10-15-20)29(43)39-17-16-21(34(7,8)46)24(39)28(42)36-22(25(40)27(35)41)18-19-12-11-13-19/h19-24,26,46H,9-18H2,1-8H3,(H2,35,41)(H,36,42)(H2,37,38,45)/t21-,22?,23-,24-,26+/m0/s1. The Morgan fingerprint density at radius 1 is 0.851 bits per heavy atom. The fourth-order valence-corrected chi connectivity index (χ4v) is 6.98. The monoisotopic (exact) mass is 663 g/mol. The number of rotatable bonds is 12. The number of aliphatic hydroxyl groups is 1. The molecule has 1 saturated heterocycles. The van der Waals surface area contributed by atoms with Crippen molar-refractivity contribution in [2.75, 3.05) is 6.54 Å². The molecule has 0 aromatic rings. The molecular weight excluding hydrogens is 606 g/mol. The number of amides is 5. The summed E-state index contributed by atoms with van der Waals surface area (Å²) in [4.78, 5) is 81.0. The van der Waals surface area contributed by atoms with Gasteiger partial charge < -0.3 is 36.4 Å². The SMILES string of the molecule is CC(C)(C)OC(=O)[C@@H](NC(=O)N[C@H](C(=O)N1CC[C@H](C(C)(C)O)[C@H]1C(=O)NC(CC1CCC1)C(=O)C(N)=O)C1CCCC1)C(C)(C)C. The van der Waals surface area contributed by atoms with E-state index in [0.29, 0.717) is 19.3 Å². The van der Waals surface area contributed by atoms with E-state index in [4.69, 9.17) is 10.5 Å². The maximum atomic E-state index is 14.4. The predicted octanol–water partition coefficient (Wildman–Crippen LogP) is 2.32. The minimum atomic E-state index is -1.37. The third kappa shape index (κ3) is 10.1. The number of ether oxygens (including phenoxy) is 1. The van der Waals surface area contributed by atoms with Crippen molar-refractivity contribution in [3.63, 3.8) is 0 Å². The van der Waals surface area contributed by atoms with E-state index in [1.54, 1.807) is 55.4 Å². The van der Waals surface area contributed by atoms with E-state index in [9.17, 15) is 33.9 Å². The molecule has 266 valence electrons. The van der Waals surface area contributed by atoms with E-state index in [1.807, 2.05) is 0 Å². The summed E-state index contributed by atoms with van der Waals surface area (Å²) in [5, 5.41) is 19.3. The number of hydrogen-bond acceptors (Lipinski definition) is 8. The molecule has 1 aliphatic heterocycles. The quantitative estimate of drug-likeness (QED) is 0.155. The summed E-state index contributed by atoms with van der Waals surface area (Å²) in [7, 11) is 0. The molecule has 2 aliphatic carbocycles. The fraction of sp³-hybridized carbons (Fsp3) is 0.824. The average Bonchev–Trinajstić information content (AvgIpc) is 3.59. The van der Waals surface area contributed by atoms with Crippen molar-refractivity contribution >= 4 is 35.5 Å². The third-order valence-electron chi connectivity index (χ3n) is 9.73. The number of ketones is 1. The number of hydrogen-bond donors (Lipinski definition) is 5. The lowest BCUT2D eigenvalue weighted by Gasteiger charge is -2.37. The van der Waals surface area contributed by atoms with Gasteiger partial charge in [0.1, 0.15) is 23.7 Å². The molecule has 0 aromatic carbocycles. The molecule has 0 radical (unpaired) electrons. The Labute approximate surface area is 278 Å². The Morgan fingerprint density at radius 3 is 1.91 bits per heavy atom. The van der Waals surface area contributed by atoms with Crippen LogP contribution in [0.5, 0.6) is 0 Å². The predicted molar refractivity (Wildman–Crippen MR) is 174 cm³/mol. The van der Waals surface area contributed by atoms with E-state index in [-0.39, 0.29) is 24.8 Å². The number of carbonyl (C=O) groups excluding carboxylic acids is 6. The lowest BCUT2D eigenvalue weighted by atomic mass is 9.79. The van der Waals surface area contributed by atoms with Crippen LogP contribution >= 0.6 is 0 Å². The van der Waals surface area contributed by atoms with Gasteiger partial charge in [0.25, 0.3) is 5.91 Å². The largest absolute Gasteiger partial charge is 0.458 e. The van der Waals surface area contributed by atoms with E-state index >= 15 is 0 Å². The molecule has 3 rings (SSSR count). The average molecular weight is 664 g/mol. The first kappa shape index (κ1) is 38.2. The van der Waals surface area contributed by atoms with Crippen molar-refractivity contribution < 1.29 is 38.6 Å². The van der Waals surface area contributed by atoms with Gasteiger partial charge in [-0.3, -0.25) is 19.2 Å². The number of esters is 1. The van der Waals surface area contributed by atoms with Crippen LogP contribution in [0.1, 0.15) is 113 Å². The van der Waals surface area contributed by atoms with Crippen LogP contribution in [0.3, 0.4) is 0 Å². The zero-order valence-electron chi connectivity index (χ0n) is 29.4. The number of primary amides is 1. The summed E-state index contributed by atoms with van der Waals surface area (Å²) in [5.41, 5.74) is 2.47. The van der Waals surface area contributed by atoms with Crippen molar-refractivity contribution in [2.24, 2.45) is 28.9 Å². The molecule has 3 aliphatic rings. The molecular formula is C34H57N5O8. The van der Waals surface area contributed by atoms with E-state index in [2.05, 4.69) is 16.0 Å². The Hall–Kier alpha value is -3.22. The molecule has 0 bridgehead atoms. The highest BCUT2D eigenvalue weighted by molar-refractivity contribution is 6.37. The maximum Gasteiger partial charge on any atom is 0.329 e. The Morgan fingerprint density at radius 2 is 1.45 bits per heavy atom. The van der Waals surface area contributed by atoms with E-state index in [1.165, 1.54) is 4.90 Å². The van der Waals surface area contributed by atoms with Crippen molar-refractivity contribution in [3.8, 4) is 0 Å². The van der Waals surface area contributed by atoms with Gasteiger partial charge in [0.2, 0.25) is 17.6 Å². The Bertz CT molecular complexity index is 1190. The van der Waals surface area contributed by atoms with Crippen LogP contribution in [0.4, 0.5) is 4.79 Å². The van der Waals surface area contributed by atoms with Gasteiger partial charge >= 0.3 is 12.0 Å². The van der Waals surface area contributed by atoms with Crippen LogP contribution < -0.4 is 21.7 Å². The Kier molecular flexibility index (Phi) is 12.1. The minimum Gasteiger partial charge on any atom is -0.458 e. The van der Waals surface area contributed by atoms with Crippen molar-refractivity contribution in [3.05, 3.63) is 0 Å². The van der Waals surface area contributed by atoms with Crippen LogP contribution in [0.2, 0.25) is 0 Å². The molecule has 13 heteroatoms. The van der Waals surface area contributed by atoms with Gasteiger partial charge in [-0.05, 0) is 77.6 Å². The van der Waals surface area contributed by atoms with E-state index < -0.39 is 82.2 Å². The molecule has 13 nitrogen and oxygen atoms in total. The van der Waals surface area contributed by atoms with Crippen molar-refractivity contribution in [1.82, 2.24) is 20.9 Å². The number of likely N-dealkylation sites (tertiary alicyclic amines) is 1. The maximum absolute atomic E-state index is 14.4. The summed E-state index contributed by atoms with van der Waals surface area (Å²) in [5.74, 6) is -4.52. The van der Waals surface area contributed by atoms with Gasteiger partial charge in [0.15, 0.2) is 0 Å². The van der Waals surface area contributed by atoms with Gasteiger partial charge in [0, 0.05) is 12.5 Å². The summed E-state index contributed by atoms with van der Waals surface area (Å²) in [6, 6.07) is -5.04. The zero-order chi connectivity index (χ0) is 35.5. The number of urea groups is 1. The smallest absolute Gasteiger partial charge is 0.329 e. The number of nitrogens with zero attached hydrogens (tertiary/aromatic N) is 1. The van der Waals surface area contributed by atoms with Crippen molar-refractivity contribution in [1.29, 1.82) is 0 Å². The summed E-state index contributed by atoms with van der Waals surface area (Å²) < 4.78 is 5.57. The molecule has 0 aromatic heterocycles. The van der Waals surface area contributed by atoms with E-state index in [0.717, 1.165) is 32.1 Å². The van der Waals surface area contributed by atoms with Gasteiger partial charge in [-0.2, -0.15) is 0 Å². The van der Waals surface area contributed by atoms with Crippen LogP contribution in [0.15, 0.2) is 0 Å². The Balaban J connectivity index is 1.88. The normalized spacial score (nSPS) is 22.9. The van der Waals surface area contributed by atoms with Crippen LogP contribution in [0.25, 0.3) is 0 Å². The van der Waals surface area contributed by atoms with Crippen LogP contribution in [-0.4, -0.2) is 87.4 Å². The lowest BCUT2D eigenvalue weighted by molar-refractivity contribution is -0.160. The number of Topliss-reactive ketones (excluding diaryl/α,β-unsaturated/α-hetero) is 1. The number of carbonyl (C=O) groups is 6. The van der Waals surface area contributed by atoms with Gasteiger partial charge in [-0.15, -0.1) is 0 Å². The highest BCUT2D eigenvalue weighted by Crippen LogP contribution is 2.37. The molecule has 5 amide bonds. The number of nitrogens with one attached hydrogen (secondary N) is 3. The first-order valence-electron chi connectivity index (χ1n) is 17.1. The molecule has 47 heavy (non-hydrogen) atoms. The third-order valence-corrected chi connectivity index (χ3v) is 9.73. The molecule has 2 saturated carbocycles. The second-order valence-electron chi connectivity index (χ2n) is 16.3. The summed E-state index contributed by atoms with van der Waals surface area (Å²) in [6.45, 7) is 13.9. The van der Waals surface area contributed by atoms with Crippen LogP contribution in [0, 0.1) is 23.2 Å². The second kappa shape index (κ2) is 14.9. The molecule has 3 fully saturated rings. The minimum absolute atomic E-state index is 0.137. The number of nitrogens with two attached hydrogens (primary N) is 1. The molecule has 0 spiro atoms. The lowest BCUT2D eigenvalue weighted by Crippen LogP contribution is -2.62. The summed E-state index contributed by atoms with van der Waals surface area (Å²) >= 11 is 0. The molecule has 1 heterocycles. The second-order valence-corrected chi connectivity index (χ2v) is 16.3. The first-order valence-corrected chi connectivity index (χ1v) is 17.1. The highest BCUT2D eigenvalue weighted by Gasteiger charge is 2.51. The fourth-order valence-electron chi connectivity index (χ4n) is 6.98. The van der Waals surface area contributed by atoms with Crippen LogP contribution in [-0.2, 0) is 28.7 Å².